The highest BCUT2D eigenvalue weighted by molar-refractivity contribution is 14.1. The van der Waals surface area contributed by atoms with Crippen LogP contribution in [0.5, 0.6) is 0 Å². The maximum absolute atomic E-state index is 12.7. The second kappa shape index (κ2) is 5.70. The lowest BCUT2D eigenvalue weighted by molar-refractivity contribution is -0.115. The summed E-state index contributed by atoms with van der Waals surface area (Å²) in [6.07, 6.45) is 0.278. The van der Waals surface area contributed by atoms with Gasteiger partial charge in [-0.2, -0.15) is 0 Å². The number of carbonyl (C=O) groups is 2. The number of fused-ring (bicyclic) bond motifs is 1. The van der Waals surface area contributed by atoms with Crippen molar-refractivity contribution in [3.63, 3.8) is 0 Å². The predicted octanol–water partition coefficient (Wildman–Crippen LogP) is 4.43. The zero-order valence-corrected chi connectivity index (χ0v) is 15.0. The van der Waals surface area contributed by atoms with Crippen LogP contribution >= 0.6 is 50.1 Å². The minimum absolute atomic E-state index is 0.0823. The Morgan fingerprint density at radius 2 is 2.00 bits per heavy atom. The second-order valence-electron chi connectivity index (χ2n) is 4.67. The van der Waals surface area contributed by atoms with Gasteiger partial charge in [0.05, 0.1) is 11.4 Å². The minimum Gasteiger partial charge on any atom is -0.325 e. The monoisotopic (exact) mass is 475 g/mol. The molecule has 3 nitrogen and oxygen atoms in total. The number of benzene rings is 2. The van der Waals surface area contributed by atoms with E-state index >= 15 is 0 Å². The first-order valence-electron chi connectivity index (χ1n) is 6.08. The molecule has 106 valence electrons. The molecule has 1 aliphatic rings. The molecule has 0 saturated heterocycles. The summed E-state index contributed by atoms with van der Waals surface area (Å²) in [4.78, 5) is 24.1. The minimum atomic E-state index is -0.160. The van der Waals surface area contributed by atoms with Crippen molar-refractivity contribution < 1.29 is 9.59 Å². The third-order valence-corrected chi connectivity index (χ3v) is 4.91. The zero-order chi connectivity index (χ0) is 15.1. The number of nitrogens with one attached hydrogen (secondary N) is 1. The highest BCUT2D eigenvalue weighted by atomic mass is 127. The zero-order valence-electron chi connectivity index (χ0n) is 10.5. The van der Waals surface area contributed by atoms with E-state index in [4.69, 9.17) is 11.6 Å². The maximum Gasteiger partial charge on any atom is 0.228 e. The van der Waals surface area contributed by atoms with Crippen LogP contribution in [0.15, 0.2) is 34.8 Å². The van der Waals surface area contributed by atoms with Crippen LogP contribution in [0, 0.1) is 3.57 Å². The number of anilines is 1. The van der Waals surface area contributed by atoms with Crippen molar-refractivity contribution in [2.24, 2.45) is 0 Å². The fraction of sp³-hybridized carbons (Fsp3) is 0.0667. The van der Waals surface area contributed by atoms with Gasteiger partial charge in [-0.05, 0) is 58.5 Å². The molecule has 1 N–H and O–H groups in total. The van der Waals surface area contributed by atoms with Crippen LogP contribution in [-0.2, 0) is 11.2 Å². The molecule has 1 aliphatic heterocycles. The maximum atomic E-state index is 12.7. The first-order chi connectivity index (χ1) is 9.95. The standard InChI is InChI=1S/C15H8BrClINO2/c16-11-2-1-8(18)5-9(11)15(21)10-3-7-4-14(20)19-13(7)6-12(10)17/h1-3,5-6H,4H2,(H,19,20). The van der Waals surface area contributed by atoms with Gasteiger partial charge in [0.25, 0.3) is 0 Å². The van der Waals surface area contributed by atoms with Crippen molar-refractivity contribution >= 4 is 67.5 Å². The number of hydrogen-bond acceptors (Lipinski definition) is 2. The Kier molecular flexibility index (Phi) is 4.07. The molecule has 0 bridgehead atoms. The van der Waals surface area contributed by atoms with Crippen molar-refractivity contribution in [1.82, 2.24) is 0 Å². The summed E-state index contributed by atoms with van der Waals surface area (Å²) in [6.45, 7) is 0. The molecule has 2 aromatic rings. The van der Waals surface area contributed by atoms with Gasteiger partial charge in [0.2, 0.25) is 5.91 Å². The van der Waals surface area contributed by atoms with Crippen LogP contribution in [0.25, 0.3) is 0 Å². The first-order valence-corrected chi connectivity index (χ1v) is 8.32. The van der Waals surface area contributed by atoms with Gasteiger partial charge in [-0.3, -0.25) is 9.59 Å². The number of halogens is 3. The molecule has 0 saturated carbocycles. The molecule has 1 amide bonds. The van der Waals surface area contributed by atoms with Crippen molar-refractivity contribution in [1.29, 1.82) is 0 Å². The number of rotatable bonds is 2. The highest BCUT2D eigenvalue weighted by Gasteiger charge is 2.23. The third-order valence-electron chi connectivity index (χ3n) is 3.24. The average Bonchev–Trinajstić information content (AvgIpc) is 2.79. The van der Waals surface area contributed by atoms with Gasteiger partial charge in [-0.25, -0.2) is 0 Å². The summed E-state index contributed by atoms with van der Waals surface area (Å²) >= 11 is 11.7. The van der Waals surface area contributed by atoms with Gasteiger partial charge in [0, 0.05) is 24.9 Å². The highest BCUT2D eigenvalue weighted by Crippen LogP contribution is 2.32. The summed E-state index contributed by atoms with van der Waals surface area (Å²) in [6, 6.07) is 8.89. The Morgan fingerprint density at radius 3 is 2.76 bits per heavy atom. The number of ketones is 1. The van der Waals surface area contributed by atoms with E-state index in [1.165, 1.54) is 0 Å². The van der Waals surface area contributed by atoms with E-state index in [-0.39, 0.29) is 18.1 Å². The fourth-order valence-electron chi connectivity index (χ4n) is 2.24. The number of amides is 1. The Balaban J connectivity index is 2.09. The number of hydrogen-bond donors (Lipinski definition) is 1. The molecule has 0 unspecified atom stereocenters. The SMILES string of the molecule is O=C1Cc2cc(C(=O)c3cc(I)ccc3Br)c(Cl)cc2N1. The predicted molar refractivity (Wildman–Crippen MR) is 94.1 cm³/mol. The number of carbonyl (C=O) groups excluding carboxylic acids is 2. The second-order valence-corrected chi connectivity index (χ2v) is 7.17. The van der Waals surface area contributed by atoms with Crippen LogP contribution in [0.4, 0.5) is 5.69 Å². The summed E-state index contributed by atoms with van der Waals surface area (Å²) < 4.78 is 1.69. The van der Waals surface area contributed by atoms with E-state index in [9.17, 15) is 9.59 Å². The topological polar surface area (TPSA) is 46.2 Å². The first kappa shape index (κ1) is 15.0. The largest absolute Gasteiger partial charge is 0.325 e. The van der Waals surface area contributed by atoms with Crippen LogP contribution in [0.1, 0.15) is 21.5 Å². The van der Waals surface area contributed by atoms with E-state index in [1.807, 2.05) is 12.1 Å². The lowest BCUT2D eigenvalue weighted by atomic mass is 10.00. The smallest absolute Gasteiger partial charge is 0.228 e. The molecule has 21 heavy (non-hydrogen) atoms. The van der Waals surface area contributed by atoms with Gasteiger partial charge in [0.15, 0.2) is 5.78 Å². The van der Waals surface area contributed by atoms with Crippen molar-refractivity contribution in [2.45, 2.75) is 6.42 Å². The molecule has 0 aromatic heterocycles. The molecule has 0 aliphatic carbocycles. The van der Waals surface area contributed by atoms with Gasteiger partial charge < -0.3 is 5.32 Å². The Hall–Kier alpha value is -0.920. The van der Waals surface area contributed by atoms with Crippen LogP contribution in [-0.4, -0.2) is 11.7 Å². The van der Waals surface area contributed by atoms with Crippen LogP contribution < -0.4 is 5.32 Å². The third kappa shape index (κ3) is 2.86. The summed E-state index contributed by atoms with van der Waals surface area (Å²) in [5.41, 5.74) is 2.45. The van der Waals surface area contributed by atoms with Crippen molar-refractivity contribution in [3.8, 4) is 0 Å². The van der Waals surface area contributed by atoms with Crippen molar-refractivity contribution in [3.05, 3.63) is 60.1 Å². The van der Waals surface area contributed by atoms with E-state index < -0.39 is 0 Å². The quantitative estimate of drug-likeness (QED) is 0.515. The van der Waals surface area contributed by atoms with Crippen molar-refractivity contribution in [2.75, 3.05) is 5.32 Å². The normalized spacial score (nSPS) is 13.0. The molecule has 2 aromatic carbocycles. The molecular formula is C15H8BrClINO2. The van der Waals surface area contributed by atoms with E-state index in [0.717, 1.165) is 13.6 Å². The lowest BCUT2D eigenvalue weighted by Gasteiger charge is -2.09. The molecule has 0 spiro atoms. The Labute approximate surface area is 148 Å². The van der Waals surface area contributed by atoms with Gasteiger partial charge in [-0.15, -0.1) is 0 Å². The molecule has 0 radical (unpaired) electrons. The molecule has 0 fully saturated rings. The molecular weight excluding hydrogens is 468 g/mol. The Morgan fingerprint density at radius 1 is 1.24 bits per heavy atom. The molecule has 3 rings (SSSR count). The molecule has 0 atom stereocenters. The lowest BCUT2D eigenvalue weighted by Crippen LogP contribution is -2.04. The van der Waals surface area contributed by atoms with Gasteiger partial charge >= 0.3 is 0 Å². The van der Waals surface area contributed by atoms with E-state index in [1.54, 1.807) is 18.2 Å². The summed E-state index contributed by atoms with van der Waals surface area (Å²) in [7, 11) is 0. The Bertz CT molecular complexity index is 791. The summed E-state index contributed by atoms with van der Waals surface area (Å²) in [5.74, 6) is -0.242. The average molecular weight is 476 g/mol. The molecule has 6 heteroatoms. The van der Waals surface area contributed by atoms with Gasteiger partial charge in [0.1, 0.15) is 0 Å². The summed E-state index contributed by atoms with van der Waals surface area (Å²) in [5, 5.41) is 3.06. The van der Waals surface area contributed by atoms with Gasteiger partial charge in [-0.1, -0.05) is 27.5 Å². The molecule has 1 heterocycles. The van der Waals surface area contributed by atoms with E-state index in [0.29, 0.717) is 21.8 Å². The fourth-order valence-corrected chi connectivity index (χ4v) is 3.41. The van der Waals surface area contributed by atoms with Crippen LogP contribution in [0.3, 0.4) is 0 Å². The van der Waals surface area contributed by atoms with Crippen LogP contribution in [0.2, 0.25) is 5.02 Å². The van der Waals surface area contributed by atoms with E-state index in [2.05, 4.69) is 43.8 Å².